The van der Waals surface area contributed by atoms with Gasteiger partial charge in [-0.25, -0.2) is 8.78 Å². The number of rotatable bonds is 5. The molecule has 0 bridgehead atoms. The maximum atomic E-state index is 12.6. The third-order valence-electron chi connectivity index (χ3n) is 2.11. The van der Waals surface area contributed by atoms with Gasteiger partial charge in [-0.1, -0.05) is 6.92 Å². The third-order valence-corrected chi connectivity index (χ3v) is 2.11. The second kappa shape index (κ2) is 6.10. The van der Waals surface area contributed by atoms with Crippen molar-refractivity contribution in [1.82, 2.24) is 0 Å². The molecule has 96 valence electrons. The van der Waals surface area contributed by atoms with Crippen LogP contribution in [0.3, 0.4) is 0 Å². The quantitative estimate of drug-likeness (QED) is 0.618. The van der Waals surface area contributed by atoms with Gasteiger partial charge in [0.1, 0.15) is 0 Å². The van der Waals surface area contributed by atoms with Gasteiger partial charge in [-0.15, -0.1) is 0 Å². The van der Waals surface area contributed by atoms with Crippen LogP contribution in [0, 0.1) is 5.92 Å². The van der Waals surface area contributed by atoms with Crippen molar-refractivity contribution < 1.29 is 30.7 Å². The highest BCUT2D eigenvalue weighted by Gasteiger charge is 2.35. The van der Waals surface area contributed by atoms with Crippen molar-refractivity contribution in [3.8, 4) is 0 Å². The summed E-state index contributed by atoms with van der Waals surface area (Å²) in [6.45, 7) is 0.898. The fraction of sp³-hybridized carbons (Fsp3) is 0.778. The predicted octanol–water partition coefficient (Wildman–Crippen LogP) is 4.77. The van der Waals surface area contributed by atoms with Gasteiger partial charge in [-0.2, -0.15) is 22.0 Å². The van der Waals surface area contributed by atoms with Crippen LogP contribution < -0.4 is 0 Å². The topological polar surface area (TPSA) is 0 Å². The van der Waals surface area contributed by atoms with E-state index in [1.807, 2.05) is 0 Å². The van der Waals surface area contributed by atoms with Gasteiger partial charge in [0.15, 0.2) is 12.0 Å². The van der Waals surface area contributed by atoms with Gasteiger partial charge in [0.25, 0.3) is 0 Å². The molecule has 0 aromatic rings. The largest absolute Gasteiger partial charge is 0.391 e. The van der Waals surface area contributed by atoms with Crippen LogP contribution in [0.15, 0.2) is 11.9 Å². The highest BCUT2D eigenvalue weighted by Crippen LogP contribution is 2.30. The highest BCUT2D eigenvalue weighted by molar-refractivity contribution is 4.98. The summed E-state index contributed by atoms with van der Waals surface area (Å²) < 4.78 is 83.8. The summed E-state index contributed by atoms with van der Waals surface area (Å²) in [7, 11) is 0. The third kappa shape index (κ3) is 5.37. The van der Waals surface area contributed by atoms with E-state index in [2.05, 4.69) is 0 Å². The molecule has 0 fully saturated rings. The van der Waals surface area contributed by atoms with Crippen molar-refractivity contribution >= 4 is 0 Å². The summed E-state index contributed by atoms with van der Waals surface area (Å²) in [4.78, 5) is 0. The van der Waals surface area contributed by atoms with E-state index >= 15 is 0 Å². The van der Waals surface area contributed by atoms with Crippen molar-refractivity contribution in [2.45, 2.75) is 38.5 Å². The Morgan fingerprint density at radius 2 is 1.56 bits per heavy atom. The second-order valence-electron chi connectivity index (χ2n) is 3.45. The fourth-order valence-corrected chi connectivity index (χ4v) is 1.01. The summed E-state index contributed by atoms with van der Waals surface area (Å²) in [5.74, 6) is -3.85. The first kappa shape index (κ1) is 15.2. The molecule has 0 saturated heterocycles. The van der Waals surface area contributed by atoms with Crippen LogP contribution in [-0.2, 0) is 0 Å². The average Bonchev–Trinajstić information content (AvgIpc) is 2.14. The van der Waals surface area contributed by atoms with E-state index in [-0.39, 0.29) is 6.42 Å². The molecule has 0 heterocycles. The number of alkyl halides is 4. The van der Waals surface area contributed by atoms with Crippen LogP contribution in [0.25, 0.3) is 0 Å². The molecule has 16 heavy (non-hydrogen) atoms. The summed E-state index contributed by atoms with van der Waals surface area (Å²) in [6, 6.07) is 0. The lowest BCUT2D eigenvalue weighted by Crippen LogP contribution is -2.19. The molecule has 2 atom stereocenters. The van der Waals surface area contributed by atoms with Crippen molar-refractivity contribution in [3.63, 3.8) is 0 Å². The van der Waals surface area contributed by atoms with Crippen molar-refractivity contribution in [2.75, 3.05) is 0 Å². The van der Waals surface area contributed by atoms with E-state index in [0.717, 1.165) is 6.92 Å². The molecule has 0 N–H and O–H groups in total. The maximum Gasteiger partial charge on any atom is 0.391 e. The van der Waals surface area contributed by atoms with Crippen molar-refractivity contribution in [3.05, 3.63) is 11.9 Å². The molecule has 0 rings (SSSR count). The molecule has 0 amide bonds. The van der Waals surface area contributed by atoms with Crippen LogP contribution >= 0.6 is 0 Å². The SMILES string of the molecule is CC(CCCC(F)C(F)=C(F)F)C(F)(F)F. The van der Waals surface area contributed by atoms with Crippen LogP contribution in [-0.4, -0.2) is 12.3 Å². The zero-order valence-corrected chi connectivity index (χ0v) is 8.42. The van der Waals surface area contributed by atoms with Gasteiger partial charge in [-0.3, -0.25) is 0 Å². The number of hydrogen-bond donors (Lipinski definition) is 0. The Balaban J connectivity index is 3.97. The van der Waals surface area contributed by atoms with Crippen LogP contribution in [0.2, 0.25) is 0 Å². The molecule has 0 saturated carbocycles. The Kier molecular flexibility index (Phi) is 5.81. The van der Waals surface area contributed by atoms with E-state index in [0.29, 0.717) is 0 Å². The van der Waals surface area contributed by atoms with Gasteiger partial charge >= 0.3 is 12.3 Å². The molecule has 2 unspecified atom stereocenters. The summed E-state index contributed by atoms with van der Waals surface area (Å²) in [5.41, 5.74) is 0. The summed E-state index contributed by atoms with van der Waals surface area (Å²) in [6.07, 6.45) is -11.1. The lowest BCUT2D eigenvalue weighted by atomic mass is 10.0. The van der Waals surface area contributed by atoms with Crippen molar-refractivity contribution in [1.29, 1.82) is 0 Å². The van der Waals surface area contributed by atoms with Gasteiger partial charge in [-0.05, 0) is 19.3 Å². The van der Waals surface area contributed by atoms with E-state index in [1.54, 1.807) is 0 Å². The molecular weight excluding hydrogens is 241 g/mol. The summed E-state index contributed by atoms with van der Waals surface area (Å²) >= 11 is 0. The van der Waals surface area contributed by atoms with Gasteiger partial charge in [0.2, 0.25) is 0 Å². The minimum absolute atomic E-state index is 0.303. The molecular formula is C9H11F7. The van der Waals surface area contributed by atoms with E-state index in [4.69, 9.17) is 0 Å². The molecule has 0 aliphatic heterocycles. The second-order valence-corrected chi connectivity index (χ2v) is 3.45. The first-order chi connectivity index (χ1) is 7.16. The molecule has 0 spiro atoms. The molecule has 0 nitrogen and oxygen atoms in total. The molecule has 0 radical (unpaired) electrons. The minimum Gasteiger partial charge on any atom is -0.240 e. The number of halogens is 7. The van der Waals surface area contributed by atoms with Gasteiger partial charge in [0, 0.05) is 0 Å². The monoisotopic (exact) mass is 252 g/mol. The van der Waals surface area contributed by atoms with E-state index in [1.165, 1.54) is 0 Å². The lowest BCUT2D eigenvalue weighted by molar-refractivity contribution is -0.171. The van der Waals surface area contributed by atoms with Crippen LogP contribution in [0.1, 0.15) is 26.2 Å². The molecule has 7 heteroatoms. The Labute approximate surface area is 88.1 Å². The molecule has 0 aliphatic rings. The zero-order chi connectivity index (χ0) is 12.9. The van der Waals surface area contributed by atoms with E-state index in [9.17, 15) is 30.7 Å². The Morgan fingerprint density at radius 3 is 1.94 bits per heavy atom. The number of hydrogen-bond acceptors (Lipinski definition) is 0. The predicted molar refractivity (Wildman–Crippen MR) is 44.3 cm³/mol. The fourth-order valence-electron chi connectivity index (χ4n) is 1.01. The highest BCUT2D eigenvalue weighted by atomic mass is 19.4. The van der Waals surface area contributed by atoms with Crippen LogP contribution in [0.5, 0.6) is 0 Å². The minimum atomic E-state index is -4.40. The molecule has 0 aromatic carbocycles. The Bertz CT molecular complexity index is 239. The van der Waals surface area contributed by atoms with Crippen molar-refractivity contribution in [2.24, 2.45) is 5.92 Å². The lowest BCUT2D eigenvalue weighted by Gasteiger charge is -2.15. The first-order valence-corrected chi connectivity index (χ1v) is 4.57. The molecule has 0 aliphatic carbocycles. The van der Waals surface area contributed by atoms with Gasteiger partial charge in [0.05, 0.1) is 5.92 Å². The summed E-state index contributed by atoms with van der Waals surface area (Å²) in [5, 5.41) is 0. The maximum absolute atomic E-state index is 12.6. The smallest absolute Gasteiger partial charge is 0.240 e. The average molecular weight is 252 g/mol. The van der Waals surface area contributed by atoms with Crippen LogP contribution in [0.4, 0.5) is 30.7 Å². The first-order valence-electron chi connectivity index (χ1n) is 4.57. The Hall–Kier alpha value is -0.750. The Morgan fingerprint density at radius 1 is 1.06 bits per heavy atom. The normalized spacial score (nSPS) is 15.8. The van der Waals surface area contributed by atoms with Gasteiger partial charge < -0.3 is 0 Å². The molecule has 0 aromatic heterocycles. The zero-order valence-electron chi connectivity index (χ0n) is 8.42. The number of allylic oxidation sites excluding steroid dienone is 1. The van der Waals surface area contributed by atoms with E-state index < -0.39 is 43.0 Å². The standard InChI is InChI=1S/C9H11F7/c1-5(9(14,15)16)3-2-4-6(10)7(11)8(12)13/h5-6H,2-4H2,1H3.